The molecule has 6 nitrogen and oxygen atoms in total. The van der Waals surface area contributed by atoms with Crippen LogP contribution >= 0.6 is 0 Å². The minimum absolute atomic E-state index is 0.0629. The van der Waals surface area contributed by atoms with Gasteiger partial charge >= 0.3 is 12.1 Å². The lowest BCUT2D eigenvalue weighted by Gasteiger charge is -2.37. The Morgan fingerprint density at radius 2 is 1.95 bits per heavy atom. The first-order chi connectivity index (χ1) is 9.22. The number of carboxylic acid groups (broad SMARTS) is 1. The van der Waals surface area contributed by atoms with Gasteiger partial charge in [-0.2, -0.15) is 13.2 Å². The minimum atomic E-state index is -5.08. The number of aromatic nitrogens is 1. The molecule has 2 aliphatic rings. The molecule has 3 rings (SSSR count). The van der Waals surface area contributed by atoms with Crippen molar-refractivity contribution in [3.63, 3.8) is 0 Å². The summed E-state index contributed by atoms with van der Waals surface area (Å²) in [7, 11) is 0. The Balaban J connectivity index is 0.000000182. The van der Waals surface area contributed by atoms with E-state index in [0.29, 0.717) is 5.88 Å². The maximum absolute atomic E-state index is 11.0. The fourth-order valence-electron chi connectivity index (χ4n) is 1.92. The lowest BCUT2D eigenvalue weighted by atomic mass is 9.92. The van der Waals surface area contributed by atoms with Crippen LogP contribution in [0.4, 0.5) is 13.2 Å². The van der Waals surface area contributed by atoms with Crippen LogP contribution in [0.2, 0.25) is 0 Å². The summed E-state index contributed by atoms with van der Waals surface area (Å²) >= 11 is 0. The van der Waals surface area contributed by atoms with E-state index < -0.39 is 12.1 Å². The molecule has 0 aliphatic carbocycles. The van der Waals surface area contributed by atoms with Crippen molar-refractivity contribution >= 4 is 5.97 Å². The smallest absolute Gasteiger partial charge is 0.475 e. The number of rotatable bonds is 0. The van der Waals surface area contributed by atoms with Crippen LogP contribution in [0.1, 0.15) is 5.56 Å². The third-order valence-electron chi connectivity index (χ3n) is 2.93. The number of alkyl halides is 3. The molecule has 1 spiro atoms. The third kappa shape index (κ3) is 2.93. The fourth-order valence-corrected chi connectivity index (χ4v) is 1.92. The number of pyridine rings is 1. The number of carboxylic acids is 1. The Kier molecular flexibility index (Phi) is 3.46. The highest BCUT2D eigenvalue weighted by Gasteiger charge is 2.45. The Morgan fingerprint density at radius 3 is 2.40 bits per heavy atom. The zero-order valence-electron chi connectivity index (χ0n) is 10.1. The van der Waals surface area contributed by atoms with Gasteiger partial charge in [-0.3, -0.25) is 9.78 Å². The van der Waals surface area contributed by atoms with Gasteiger partial charge < -0.3 is 15.2 Å². The van der Waals surface area contributed by atoms with E-state index in [1.807, 2.05) is 6.07 Å². The monoisotopic (exact) mass is 292 g/mol. The van der Waals surface area contributed by atoms with Gasteiger partial charge in [0.1, 0.15) is 5.60 Å². The number of ether oxygens (including phenoxy) is 1. The summed E-state index contributed by atoms with van der Waals surface area (Å²) in [5.41, 5.74) is 0.955. The fraction of sp³-hybridized carbons (Fsp3) is 0.455. The topological polar surface area (TPSA) is 91.4 Å². The van der Waals surface area contributed by atoms with Gasteiger partial charge in [-0.15, -0.1) is 0 Å². The molecule has 3 N–H and O–H groups in total. The van der Waals surface area contributed by atoms with Crippen LogP contribution in [-0.4, -0.2) is 40.9 Å². The van der Waals surface area contributed by atoms with Gasteiger partial charge in [-0.25, -0.2) is 4.79 Å². The van der Waals surface area contributed by atoms with Crippen LogP contribution in [0.25, 0.3) is 0 Å². The molecule has 110 valence electrons. The van der Waals surface area contributed by atoms with E-state index in [0.717, 1.165) is 25.1 Å². The maximum atomic E-state index is 11.0. The van der Waals surface area contributed by atoms with Crippen LogP contribution in [-0.2, 0) is 11.2 Å². The van der Waals surface area contributed by atoms with Gasteiger partial charge in [0, 0.05) is 31.1 Å². The second-order valence-corrected chi connectivity index (χ2v) is 4.55. The van der Waals surface area contributed by atoms with E-state index in [2.05, 4.69) is 10.3 Å². The number of hydrogen-bond acceptors (Lipinski definition) is 4. The van der Waals surface area contributed by atoms with Crippen molar-refractivity contribution in [3.05, 3.63) is 28.0 Å². The van der Waals surface area contributed by atoms with E-state index in [-0.39, 0.29) is 11.2 Å². The summed E-state index contributed by atoms with van der Waals surface area (Å²) in [6.45, 7) is 1.76. The highest BCUT2D eigenvalue weighted by Crippen LogP contribution is 2.34. The standard InChI is InChI=1S/C9H10N2O2.C2HF3O2/c12-7-2-1-6-3-9(4-10-5-9)13-8(6)11-7;3-2(4,5)1(6)7/h1-2,10H,3-5H2,(H,11,12);(H,6,7). The Morgan fingerprint density at radius 1 is 1.35 bits per heavy atom. The number of fused-ring (bicyclic) bond motifs is 1. The van der Waals surface area contributed by atoms with E-state index in [9.17, 15) is 18.0 Å². The van der Waals surface area contributed by atoms with Gasteiger partial charge in [-0.05, 0) is 6.07 Å². The van der Waals surface area contributed by atoms with Crippen molar-refractivity contribution in [1.29, 1.82) is 0 Å². The molecule has 0 radical (unpaired) electrons. The van der Waals surface area contributed by atoms with Crippen molar-refractivity contribution in [3.8, 4) is 5.88 Å². The van der Waals surface area contributed by atoms with Crippen molar-refractivity contribution < 1.29 is 27.8 Å². The molecule has 0 bridgehead atoms. The quantitative estimate of drug-likeness (QED) is 0.639. The van der Waals surface area contributed by atoms with Crippen molar-refractivity contribution in [2.45, 2.75) is 18.2 Å². The zero-order valence-corrected chi connectivity index (χ0v) is 10.1. The molecule has 0 amide bonds. The minimum Gasteiger partial charge on any atom is -0.475 e. The van der Waals surface area contributed by atoms with Gasteiger partial charge in [0.15, 0.2) is 5.88 Å². The maximum Gasteiger partial charge on any atom is 0.490 e. The Labute approximate surface area is 110 Å². The number of carbonyl (C=O) groups is 1. The molecule has 9 heteroatoms. The van der Waals surface area contributed by atoms with Gasteiger partial charge in [0.05, 0.1) is 0 Å². The van der Waals surface area contributed by atoms with Gasteiger partial charge in [-0.1, -0.05) is 0 Å². The van der Waals surface area contributed by atoms with Gasteiger partial charge in [0.2, 0.25) is 0 Å². The number of H-pyrrole nitrogens is 1. The summed E-state index contributed by atoms with van der Waals surface area (Å²) in [4.78, 5) is 22.6. The van der Waals surface area contributed by atoms with E-state index in [1.165, 1.54) is 0 Å². The number of nitrogens with one attached hydrogen (secondary N) is 2. The Hall–Kier alpha value is -2.03. The van der Waals surface area contributed by atoms with Crippen molar-refractivity contribution in [2.24, 2.45) is 0 Å². The lowest BCUT2D eigenvalue weighted by molar-refractivity contribution is -0.192. The second kappa shape index (κ2) is 4.82. The molecule has 20 heavy (non-hydrogen) atoms. The molecule has 0 atom stereocenters. The molecule has 1 saturated heterocycles. The molecular formula is C11H11F3N2O4. The van der Waals surface area contributed by atoms with Crippen LogP contribution in [0.3, 0.4) is 0 Å². The molecule has 0 aromatic carbocycles. The van der Waals surface area contributed by atoms with E-state index in [4.69, 9.17) is 14.6 Å². The second-order valence-electron chi connectivity index (χ2n) is 4.55. The normalized spacial score (nSPS) is 18.4. The van der Waals surface area contributed by atoms with Crippen LogP contribution in [0.5, 0.6) is 5.88 Å². The summed E-state index contributed by atoms with van der Waals surface area (Å²) in [6.07, 6.45) is -4.17. The highest BCUT2D eigenvalue weighted by molar-refractivity contribution is 5.73. The predicted octanol–water partition coefficient (Wildman–Crippen LogP) is 0.285. The number of aliphatic carboxylic acids is 1. The average Bonchev–Trinajstić information content (AvgIpc) is 2.67. The largest absolute Gasteiger partial charge is 0.490 e. The molecule has 2 aliphatic heterocycles. The van der Waals surface area contributed by atoms with Crippen molar-refractivity contribution in [2.75, 3.05) is 13.1 Å². The SMILES string of the molecule is O=C(O)C(F)(F)F.O=c1ccc2c([nH]1)OC1(CNC1)C2. The van der Waals surface area contributed by atoms with E-state index >= 15 is 0 Å². The first-order valence-corrected chi connectivity index (χ1v) is 5.64. The molecule has 3 heterocycles. The molecule has 0 saturated carbocycles. The average molecular weight is 292 g/mol. The van der Waals surface area contributed by atoms with Crippen LogP contribution in [0.15, 0.2) is 16.9 Å². The first-order valence-electron chi connectivity index (χ1n) is 5.64. The van der Waals surface area contributed by atoms with Crippen LogP contribution < -0.4 is 15.6 Å². The molecule has 1 fully saturated rings. The predicted molar refractivity (Wildman–Crippen MR) is 60.7 cm³/mol. The molecular weight excluding hydrogens is 281 g/mol. The number of aromatic amines is 1. The summed E-state index contributed by atoms with van der Waals surface area (Å²) in [5.74, 6) is -2.10. The number of halogens is 3. The van der Waals surface area contributed by atoms with Gasteiger partial charge in [0.25, 0.3) is 5.56 Å². The molecule has 1 aromatic heterocycles. The third-order valence-corrected chi connectivity index (χ3v) is 2.93. The highest BCUT2D eigenvalue weighted by atomic mass is 19.4. The molecule has 0 unspecified atom stereocenters. The first kappa shape index (κ1) is 14.4. The zero-order chi connectivity index (χ0) is 15.0. The van der Waals surface area contributed by atoms with Crippen molar-refractivity contribution in [1.82, 2.24) is 10.3 Å². The molecule has 1 aromatic rings. The number of hydrogen-bond donors (Lipinski definition) is 3. The van der Waals surface area contributed by atoms with Crippen LogP contribution in [0, 0.1) is 0 Å². The lowest BCUT2D eigenvalue weighted by Crippen LogP contribution is -2.62. The summed E-state index contributed by atoms with van der Waals surface area (Å²) in [6, 6.07) is 3.40. The van der Waals surface area contributed by atoms with E-state index in [1.54, 1.807) is 6.07 Å². The Bertz CT molecular complexity index is 578. The summed E-state index contributed by atoms with van der Waals surface area (Å²) in [5, 5.41) is 10.3. The summed E-state index contributed by atoms with van der Waals surface area (Å²) < 4.78 is 37.4.